The predicted molar refractivity (Wildman–Crippen MR) is 96.5 cm³/mol. The molecule has 0 unspecified atom stereocenters. The first-order valence-electron chi connectivity index (χ1n) is 8.08. The number of aromatic nitrogens is 1. The lowest BCUT2D eigenvalue weighted by Gasteiger charge is -2.15. The molecule has 3 rings (SSSR count). The van der Waals surface area contributed by atoms with Crippen LogP contribution in [0.5, 0.6) is 5.75 Å². The largest absolute Gasteiger partial charge is 0.497 e. The average molecular weight is 360 g/mol. The molecule has 2 amide bonds. The maximum Gasteiger partial charge on any atom is 0.271 e. The smallest absolute Gasteiger partial charge is 0.271 e. The molecule has 2 heterocycles. The molecule has 0 bridgehead atoms. The Morgan fingerprint density at radius 1 is 1.24 bits per heavy atom. The summed E-state index contributed by atoms with van der Waals surface area (Å²) in [5.74, 6) is 0.386. The second-order valence-corrected chi connectivity index (χ2v) is 6.52. The zero-order valence-electron chi connectivity index (χ0n) is 13.9. The van der Waals surface area contributed by atoms with Gasteiger partial charge in [-0.2, -0.15) is 0 Å². The molecule has 1 aliphatic heterocycles. The van der Waals surface area contributed by atoms with E-state index in [2.05, 4.69) is 15.6 Å². The summed E-state index contributed by atoms with van der Waals surface area (Å²) in [6.45, 7) is 1.57. The number of nitrogens with one attached hydrogen (secondary N) is 2. The third-order valence-corrected chi connectivity index (χ3v) is 4.69. The van der Waals surface area contributed by atoms with Crippen molar-refractivity contribution in [3.8, 4) is 5.75 Å². The van der Waals surface area contributed by atoms with Crippen molar-refractivity contribution in [3.63, 3.8) is 0 Å². The van der Waals surface area contributed by atoms with E-state index in [0.717, 1.165) is 37.4 Å². The first-order chi connectivity index (χ1) is 12.2. The van der Waals surface area contributed by atoms with Gasteiger partial charge in [-0.15, -0.1) is 11.3 Å². The van der Waals surface area contributed by atoms with Crippen molar-refractivity contribution in [3.05, 3.63) is 35.3 Å². The van der Waals surface area contributed by atoms with E-state index in [4.69, 9.17) is 4.74 Å². The summed E-state index contributed by atoms with van der Waals surface area (Å²) in [6, 6.07) is 7.42. The van der Waals surface area contributed by atoms with Crippen molar-refractivity contribution >= 4 is 34.0 Å². The van der Waals surface area contributed by atoms with E-state index >= 15 is 0 Å². The summed E-state index contributed by atoms with van der Waals surface area (Å²) in [5.41, 5.74) is 1.15. The van der Waals surface area contributed by atoms with Gasteiger partial charge in [0.05, 0.1) is 13.7 Å². The van der Waals surface area contributed by atoms with Crippen molar-refractivity contribution in [1.29, 1.82) is 0 Å². The van der Waals surface area contributed by atoms with Gasteiger partial charge in [-0.3, -0.25) is 9.59 Å². The fourth-order valence-corrected chi connectivity index (χ4v) is 3.27. The van der Waals surface area contributed by atoms with Gasteiger partial charge in [0.25, 0.3) is 5.91 Å². The van der Waals surface area contributed by atoms with Gasteiger partial charge in [-0.25, -0.2) is 4.98 Å². The number of anilines is 2. The van der Waals surface area contributed by atoms with Gasteiger partial charge in [0.1, 0.15) is 11.4 Å². The summed E-state index contributed by atoms with van der Waals surface area (Å²) in [6.07, 6.45) is 2.07. The fraction of sp³-hybridized carbons (Fsp3) is 0.353. The van der Waals surface area contributed by atoms with Crippen molar-refractivity contribution in [2.24, 2.45) is 0 Å². The Bertz CT molecular complexity index is 739. The van der Waals surface area contributed by atoms with Crippen molar-refractivity contribution < 1.29 is 14.3 Å². The molecule has 0 atom stereocenters. The summed E-state index contributed by atoms with van der Waals surface area (Å²) >= 11 is 1.33. The molecular weight excluding hydrogens is 340 g/mol. The van der Waals surface area contributed by atoms with E-state index in [1.807, 2.05) is 24.3 Å². The van der Waals surface area contributed by atoms with E-state index in [1.165, 1.54) is 11.3 Å². The highest BCUT2D eigenvalue weighted by molar-refractivity contribution is 7.14. The number of hydrogen-bond acceptors (Lipinski definition) is 6. The monoisotopic (exact) mass is 360 g/mol. The van der Waals surface area contributed by atoms with E-state index in [9.17, 15) is 9.59 Å². The molecule has 1 aromatic heterocycles. The molecule has 0 radical (unpaired) electrons. The number of carbonyl (C=O) groups is 2. The Balaban J connectivity index is 1.52. The third kappa shape index (κ3) is 4.48. The zero-order valence-corrected chi connectivity index (χ0v) is 14.8. The topological polar surface area (TPSA) is 83.6 Å². The van der Waals surface area contributed by atoms with Crippen LogP contribution in [0.15, 0.2) is 29.6 Å². The van der Waals surface area contributed by atoms with Crippen LogP contribution in [-0.2, 0) is 4.79 Å². The molecule has 0 aliphatic carbocycles. The van der Waals surface area contributed by atoms with Crippen LogP contribution in [0.2, 0.25) is 0 Å². The Kier molecular flexibility index (Phi) is 5.49. The van der Waals surface area contributed by atoms with Gasteiger partial charge >= 0.3 is 0 Å². The van der Waals surface area contributed by atoms with Crippen LogP contribution < -0.4 is 15.4 Å². The Morgan fingerprint density at radius 3 is 2.64 bits per heavy atom. The highest BCUT2D eigenvalue weighted by Crippen LogP contribution is 2.22. The van der Waals surface area contributed by atoms with Gasteiger partial charge in [-0.05, 0) is 37.1 Å². The average Bonchev–Trinajstić information content (AvgIpc) is 3.32. The summed E-state index contributed by atoms with van der Waals surface area (Å²) < 4.78 is 5.11. The molecular formula is C17H20N4O3S. The molecule has 1 aromatic carbocycles. The summed E-state index contributed by atoms with van der Waals surface area (Å²) in [4.78, 5) is 30.1. The number of methoxy groups -OCH3 is 1. The number of nitrogens with zero attached hydrogens (tertiary/aromatic N) is 2. The lowest BCUT2D eigenvalue weighted by atomic mass is 10.3. The Labute approximate surface area is 150 Å². The van der Waals surface area contributed by atoms with Crippen LogP contribution in [0, 0.1) is 0 Å². The maximum absolute atomic E-state index is 12.1. The van der Waals surface area contributed by atoms with Gasteiger partial charge in [-0.1, -0.05) is 0 Å². The van der Waals surface area contributed by atoms with Gasteiger partial charge < -0.3 is 20.3 Å². The number of likely N-dealkylation sites (tertiary alicyclic amines) is 1. The minimum absolute atomic E-state index is 0.0115. The number of hydrogen-bond donors (Lipinski definition) is 2. The number of carbonyl (C=O) groups excluding carboxylic acids is 2. The zero-order chi connectivity index (χ0) is 17.6. The third-order valence-electron chi connectivity index (χ3n) is 3.94. The van der Waals surface area contributed by atoms with Crippen LogP contribution in [0.4, 0.5) is 10.8 Å². The number of rotatable bonds is 6. The molecule has 132 valence electrons. The number of thiazole rings is 1. The maximum atomic E-state index is 12.1. The van der Waals surface area contributed by atoms with Crippen LogP contribution >= 0.6 is 11.3 Å². The normalized spacial score (nSPS) is 13.6. The standard InChI is InChI=1S/C17H20N4O3S/c1-24-13-6-4-12(5-7-13)19-17-20-14(11-25-17)16(23)18-10-15(22)21-8-2-3-9-21/h4-7,11H,2-3,8-10H2,1H3,(H,18,23)(H,19,20). The molecule has 7 nitrogen and oxygen atoms in total. The van der Waals surface area contributed by atoms with Crippen molar-refractivity contribution in [1.82, 2.24) is 15.2 Å². The fourth-order valence-electron chi connectivity index (χ4n) is 2.56. The lowest BCUT2D eigenvalue weighted by molar-refractivity contribution is -0.129. The SMILES string of the molecule is COc1ccc(Nc2nc(C(=O)NCC(=O)N3CCCC3)cs2)cc1. The Hall–Kier alpha value is -2.61. The summed E-state index contributed by atoms with van der Waals surface area (Å²) in [7, 11) is 1.61. The van der Waals surface area contributed by atoms with Crippen LogP contribution in [0.3, 0.4) is 0 Å². The van der Waals surface area contributed by atoms with Gasteiger partial charge in [0.2, 0.25) is 5.91 Å². The first kappa shape index (κ1) is 17.2. The van der Waals surface area contributed by atoms with Crippen molar-refractivity contribution in [2.75, 3.05) is 32.1 Å². The molecule has 8 heteroatoms. The second-order valence-electron chi connectivity index (χ2n) is 5.66. The molecule has 2 aromatic rings. The first-order valence-corrected chi connectivity index (χ1v) is 8.96. The van der Waals surface area contributed by atoms with E-state index < -0.39 is 0 Å². The lowest BCUT2D eigenvalue weighted by Crippen LogP contribution is -2.38. The molecule has 25 heavy (non-hydrogen) atoms. The van der Waals surface area contributed by atoms with Crippen molar-refractivity contribution in [2.45, 2.75) is 12.8 Å². The van der Waals surface area contributed by atoms with Gasteiger partial charge in [0.15, 0.2) is 5.13 Å². The second kappa shape index (κ2) is 7.98. The predicted octanol–water partition coefficient (Wildman–Crippen LogP) is 2.25. The number of ether oxygens (including phenoxy) is 1. The number of benzene rings is 1. The van der Waals surface area contributed by atoms with E-state index in [1.54, 1.807) is 17.4 Å². The molecule has 0 spiro atoms. The molecule has 2 N–H and O–H groups in total. The van der Waals surface area contributed by atoms with Crippen LogP contribution in [0.1, 0.15) is 23.3 Å². The van der Waals surface area contributed by atoms with E-state index in [0.29, 0.717) is 10.8 Å². The minimum atomic E-state index is -0.341. The quantitative estimate of drug-likeness (QED) is 0.825. The highest BCUT2D eigenvalue weighted by atomic mass is 32.1. The van der Waals surface area contributed by atoms with Gasteiger partial charge in [0, 0.05) is 24.2 Å². The Morgan fingerprint density at radius 2 is 1.96 bits per heavy atom. The number of amides is 2. The molecule has 1 aliphatic rings. The molecule has 1 saturated heterocycles. The van der Waals surface area contributed by atoms with E-state index in [-0.39, 0.29) is 18.4 Å². The molecule has 0 saturated carbocycles. The van der Waals surface area contributed by atoms with Crippen LogP contribution in [-0.4, -0.2) is 48.4 Å². The van der Waals surface area contributed by atoms with Crippen LogP contribution in [0.25, 0.3) is 0 Å². The molecule has 1 fully saturated rings. The minimum Gasteiger partial charge on any atom is -0.497 e. The highest BCUT2D eigenvalue weighted by Gasteiger charge is 2.19. The summed E-state index contributed by atoms with van der Waals surface area (Å²) in [5, 5.41) is 8.05.